The fraction of sp³-hybridized carbons (Fsp3) is 0.292. The molecule has 10 nitrogen and oxygen atoms in total. The van der Waals surface area contributed by atoms with Gasteiger partial charge in [-0.25, -0.2) is 4.68 Å². The fourth-order valence-electron chi connectivity index (χ4n) is 4.76. The molecule has 1 N–H and O–H groups in total. The molecule has 192 valence electrons. The molecule has 0 saturated carbocycles. The van der Waals surface area contributed by atoms with Crippen molar-refractivity contribution in [2.24, 2.45) is 0 Å². The van der Waals surface area contributed by atoms with Crippen LogP contribution in [0.25, 0.3) is 0 Å². The van der Waals surface area contributed by atoms with E-state index in [1.165, 1.54) is 38.5 Å². The summed E-state index contributed by atoms with van der Waals surface area (Å²) in [7, 11) is 3.01. The van der Waals surface area contributed by atoms with E-state index in [9.17, 15) is 28.1 Å². The minimum absolute atomic E-state index is 0.0929. The molecular weight excluding hydrogens is 495 g/mol. The first-order valence-corrected chi connectivity index (χ1v) is 11.1. The van der Waals surface area contributed by atoms with E-state index in [0.717, 1.165) is 10.2 Å². The molecule has 0 amide bonds. The lowest BCUT2D eigenvalue weighted by Gasteiger charge is -2.35. The number of methoxy groups -OCH3 is 2. The van der Waals surface area contributed by atoms with Gasteiger partial charge in [-0.3, -0.25) is 14.9 Å². The first-order valence-electron chi connectivity index (χ1n) is 11.1. The minimum Gasteiger partial charge on any atom is -0.493 e. The molecule has 2 aromatic carbocycles. The lowest BCUT2D eigenvalue weighted by molar-refractivity contribution is -0.384. The molecule has 0 unspecified atom stereocenters. The van der Waals surface area contributed by atoms with E-state index in [4.69, 9.17) is 9.47 Å². The lowest BCUT2D eigenvalue weighted by Crippen LogP contribution is -2.33. The van der Waals surface area contributed by atoms with Crippen molar-refractivity contribution in [3.8, 4) is 11.5 Å². The molecule has 0 saturated heterocycles. The largest absolute Gasteiger partial charge is 0.493 e. The number of carbonyl (C=O) groups excluding carboxylic acids is 1. The van der Waals surface area contributed by atoms with Crippen LogP contribution in [0.2, 0.25) is 0 Å². The quantitative estimate of drug-likeness (QED) is 0.385. The van der Waals surface area contributed by atoms with E-state index in [1.807, 2.05) is 6.07 Å². The average molecular weight is 515 g/mol. The molecule has 3 aromatic rings. The number of ether oxygens (including phenoxy) is 2. The number of rotatable bonds is 5. The molecule has 13 heteroatoms. The number of halogens is 3. The van der Waals surface area contributed by atoms with Crippen molar-refractivity contribution < 1.29 is 32.4 Å². The number of aromatic nitrogens is 3. The van der Waals surface area contributed by atoms with Crippen LogP contribution >= 0.6 is 0 Å². The van der Waals surface area contributed by atoms with Crippen molar-refractivity contribution in [2.75, 3.05) is 19.5 Å². The van der Waals surface area contributed by atoms with Crippen LogP contribution in [0.3, 0.4) is 0 Å². The number of alkyl halides is 3. The summed E-state index contributed by atoms with van der Waals surface area (Å²) >= 11 is 0. The van der Waals surface area contributed by atoms with E-state index in [1.54, 1.807) is 12.1 Å². The zero-order chi connectivity index (χ0) is 26.5. The van der Waals surface area contributed by atoms with E-state index < -0.39 is 23.0 Å². The maximum atomic E-state index is 13.5. The van der Waals surface area contributed by atoms with Gasteiger partial charge in [0.25, 0.3) is 11.5 Å². The standard InChI is InChI=1S/C24H20F3N5O5/c1-36-18-8-5-13(11-19(18)37-2)14-9-16-20(17(33)10-14)21(12-3-6-15(7-4-12)32(34)35)31-23(28-16)29-22(30-31)24(25,26)27/h3-8,11,14,21H,9-10H2,1-2H3,(H,28,29,30)/t14-,21+/m0/s1. The highest BCUT2D eigenvalue weighted by Crippen LogP contribution is 2.46. The van der Waals surface area contributed by atoms with Crippen LogP contribution in [0.1, 0.15) is 41.8 Å². The van der Waals surface area contributed by atoms with Gasteiger partial charge in [0.2, 0.25) is 5.95 Å². The van der Waals surface area contributed by atoms with Crippen molar-refractivity contribution in [3.05, 3.63) is 80.8 Å². The number of Topliss-reactive ketones (excluding diaryl/α,β-unsaturated/α-hetero) is 1. The van der Waals surface area contributed by atoms with Crippen LogP contribution in [-0.4, -0.2) is 39.7 Å². The number of nitro groups is 1. The summed E-state index contributed by atoms with van der Waals surface area (Å²) in [6.07, 6.45) is -4.40. The van der Waals surface area contributed by atoms with Crippen molar-refractivity contribution >= 4 is 17.4 Å². The Hall–Kier alpha value is -4.42. The molecule has 5 rings (SSSR count). The minimum atomic E-state index is -4.81. The zero-order valence-corrected chi connectivity index (χ0v) is 19.6. The number of hydrogen-bond donors (Lipinski definition) is 1. The summed E-state index contributed by atoms with van der Waals surface area (Å²) in [6, 6.07) is 9.56. The Morgan fingerprint density at radius 3 is 2.35 bits per heavy atom. The number of anilines is 1. The third-order valence-corrected chi connectivity index (χ3v) is 6.47. The zero-order valence-electron chi connectivity index (χ0n) is 19.6. The first-order chi connectivity index (χ1) is 17.6. The van der Waals surface area contributed by atoms with Crippen molar-refractivity contribution in [1.29, 1.82) is 0 Å². The Bertz CT molecular complexity index is 1430. The predicted molar refractivity (Wildman–Crippen MR) is 123 cm³/mol. The van der Waals surface area contributed by atoms with Crippen LogP contribution in [0.4, 0.5) is 24.8 Å². The molecule has 2 atom stereocenters. The van der Waals surface area contributed by atoms with E-state index in [0.29, 0.717) is 29.2 Å². The number of nitro benzene ring substituents is 1. The number of fused-ring (bicyclic) bond motifs is 1. The Morgan fingerprint density at radius 1 is 1.05 bits per heavy atom. The molecule has 2 heterocycles. The molecular formula is C24H20F3N5O5. The van der Waals surface area contributed by atoms with Crippen molar-refractivity contribution in [3.63, 3.8) is 0 Å². The molecule has 1 aliphatic heterocycles. The first kappa shape index (κ1) is 24.3. The van der Waals surface area contributed by atoms with Gasteiger partial charge in [-0.05, 0) is 47.7 Å². The topological polar surface area (TPSA) is 121 Å². The fourth-order valence-corrected chi connectivity index (χ4v) is 4.76. The summed E-state index contributed by atoms with van der Waals surface area (Å²) in [5, 5.41) is 17.6. The molecule has 0 spiro atoms. The Balaban J connectivity index is 1.59. The number of ketones is 1. The number of non-ortho nitro benzene ring substituents is 1. The molecule has 0 bridgehead atoms. The summed E-state index contributed by atoms with van der Waals surface area (Å²) in [5.74, 6) is -1.09. The highest BCUT2D eigenvalue weighted by atomic mass is 19.4. The Labute approximate surface area is 207 Å². The molecule has 0 fully saturated rings. The van der Waals surface area contributed by atoms with Gasteiger partial charge in [-0.1, -0.05) is 6.07 Å². The van der Waals surface area contributed by atoms with Gasteiger partial charge < -0.3 is 14.8 Å². The number of nitrogens with zero attached hydrogens (tertiary/aromatic N) is 4. The molecule has 0 radical (unpaired) electrons. The van der Waals surface area contributed by atoms with Crippen LogP contribution in [0.15, 0.2) is 53.7 Å². The van der Waals surface area contributed by atoms with E-state index >= 15 is 0 Å². The van der Waals surface area contributed by atoms with Gasteiger partial charge in [0.15, 0.2) is 17.3 Å². The van der Waals surface area contributed by atoms with Crippen LogP contribution < -0.4 is 14.8 Å². The molecule has 1 aromatic heterocycles. The second kappa shape index (κ2) is 8.91. The molecule has 1 aliphatic carbocycles. The SMILES string of the molecule is COc1ccc([C@@H]2CC(=O)C3=C(C2)Nc2nc(C(F)(F)F)nn2[C@@H]3c2ccc([N+](=O)[O-])cc2)cc1OC. The second-order valence-electron chi connectivity index (χ2n) is 8.61. The van der Waals surface area contributed by atoms with Crippen molar-refractivity contribution in [2.45, 2.75) is 31.0 Å². The molecule has 2 aliphatic rings. The van der Waals surface area contributed by atoms with Gasteiger partial charge in [-0.15, -0.1) is 5.10 Å². The van der Waals surface area contributed by atoms with Crippen LogP contribution in [-0.2, 0) is 11.0 Å². The smallest absolute Gasteiger partial charge is 0.453 e. The maximum Gasteiger partial charge on any atom is 0.453 e. The van der Waals surface area contributed by atoms with Crippen LogP contribution in [0.5, 0.6) is 11.5 Å². The second-order valence-corrected chi connectivity index (χ2v) is 8.61. The normalized spacial score (nSPS) is 19.1. The summed E-state index contributed by atoms with van der Waals surface area (Å²) < 4.78 is 52.1. The van der Waals surface area contributed by atoms with Gasteiger partial charge in [0.05, 0.1) is 19.1 Å². The third kappa shape index (κ3) is 4.26. The molecule has 37 heavy (non-hydrogen) atoms. The lowest BCUT2D eigenvalue weighted by atomic mass is 9.78. The highest BCUT2D eigenvalue weighted by molar-refractivity contribution is 6.00. The number of nitrogens with one attached hydrogen (secondary N) is 1. The predicted octanol–water partition coefficient (Wildman–Crippen LogP) is 4.64. The van der Waals surface area contributed by atoms with Gasteiger partial charge in [0.1, 0.15) is 6.04 Å². The van der Waals surface area contributed by atoms with Gasteiger partial charge in [0, 0.05) is 29.8 Å². The maximum absolute atomic E-state index is 13.5. The van der Waals surface area contributed by atoms with Crippen LogP contribution in [0, 0.1) is 10.1 Å². The summed E-state index contributed by atoms with van der Waals surface area (Å²) in [4.78, 5) is 27.7. The van der Waals surface area contributed by atoms with Gasteiger partial charge >= 0.3 is 6.18 Å². The third-order valence-electron chi connectivity index (χ3n) is 6.47. The van der Waals surface area contributed by atoms with Gasteiger partial charge in [-0.2, -0.15) is 18.2 Å². The summed E-state index contributed by atoms with van der Waals surface area (Å²) in [5.41, 5.74) is 1.65. The Morgan fingerprint density at radius 2 is 1.73 bits per heavy atom. The van der Waals surface area contributed by atoms with E-state index in [-0.39, 0.29) is 35.3 Å². The van der Waals surface area contributed by atoms with Crippen molar-refractivity contribution in [1.82, 2.24) is 14.8 Å². The number of hydrogen-bond acceptors (Lipinski definition) is 8. The summed E-state index contributed by atoms with van der Waals surface area (Å²) in [6.45, 7) is 0. The number of carbonyl (C=O) groups is 1. The highest BCUT2D eigenvalue weighted by Gasteiger charge is 2.43. The number of allylic oxidation sites excluding steroid dienone is 2. The number of benzene rings is 2. The Kier molecular flexibility index (Phi) is 5.85. The average Bonchev–Trinajstić information content (AvgIpc) is 3.31. The monoisotopic (exact) mass is 515 g/mol. The van der Waals surface area contributed by atoms with E-state index in [2.05, 4.69) is 15.4 Å².